The van der Waals surface area contributed by atoms with Gasteiger partial charge in [-0.1, -0.05) is 27.2 Å². The maximum Gasteiger partial charge on any atom is 0.246 e. The molecule has 19 heavy (non-hydrogen) atoms. The SMILES string of the molecule is CCC(C)CN(CC)S(=O)(=O)c1cnn(CCCl)c1. The predicted molar refractivity (Wildman–Crippen MR) is 76.8 cm³/mol. The fourth-order valence-electron chi connectivity index (χ4n) is 1.71. The van der Waals surface area contributed by atoms with Gasteiger partial charge in [-0.2, -0.15) is 9.40 Å². The Bertz CT molecular complexity index is 487. The Hall–Kier alpha value is -0.590. The summed E-state index contributed by atoms with van der Waals surface area (Å²) in [5.74, 6) is 0.749. The maximum absolute atomic E-state index is 12.5. The Kier molecular flexibility index (Phi) is 6.29. The quantitative estimate of drug-likeness (QED) is 0.692. The van der Waals surface area contributed by atoms with Crippen LogP contribution in [-0.4, -0.2) is 41.5 Å². The van der Waals surface area contributed by atoms with Crippen LogP contribution in [-0.2, 0) is 16.6 Å². The van der Waals surface area contributed by atoms with Gasteiger partial charge in [-0.05, 0) is 5.92 Å². The molecule has 0 aliphatic carbocycles. The Morgan fingerprint density at radius 2 is 2.16 bits per heavy atom. The number of hydrogen-bond acceptors (Lipinski definition) is 3. The molecule has 0 fully saturated rings. The fourth-order valence-corrected chi connectivity index (χ4v) is 3.41. The first-order valence-corrected chi connectivity index (χ1v) is 8.51. The summed E-state index contributed by atoms with van der Waals surface area (Å²) in [6, 6.07) is 0. The van der Waals surface area contributed by atoms with Gasteiger partial charge < -0.3 is 0 Å². The number of sulfonamides is 1. The van der Waals surface area contributed by atoms with E-state index in [2.05, 4.69) is 18.9 Å². The van der Waals surface area contributed by atoms with Gasteiger partial charge in [-0.15, -0.1) is 11.6 Å². The minimum Gasteiger partial charge on any atom is -0.270 e. The number of halogens is 1. The molecule has 5 nitrogen and oxygen atoms in total. The van der Waals surface area contributed by atoms with Crippen LogP contribution < -0.4 is 0 Å². The Morgan fingerprint density at radius 3 is 2.68 bits per heavy atom. The molecule has 0 saturated carbocycles. The standard InChI is InChI=1S/C12H22ClN3O2S/c1-4-11(3)9-16(5-2)19(17,18)12-8-14-15(10-12)7-6-13/h8,10-11H,4-7,9H2,1-3H3. The lowest BCUT2D eigenvalue weighted by atomic mass is 10.1. The van der Waals surface area contributed by atoms with E-state index in [9.17, 15) is 8.42 Å². The van der Waals surface area contributed by atoms with Gasteiger partial charge in [0.1, 0.15) is 4.90 Å². The molecular formula is C12H22ClN3O2S. The molecule has 0 aliphatic heterocycles. The lowest BCUT2D eigenvalue weighted by molar-refractivity contribution is 0.361. The average molecular weight is 308 g/mol. The van der Waals surface area contributed by atoms with Gasteiger partial charge in [0.2, 0.25) is 10.0 Å². The largest absolute Gasteiger partial charge is 0.270 e. The van der Waals surface area contributed by atoms with Crippen molar-refractivity contribution < 1.29 is 8.42 Å². The average Bonchev–Trinajstić information content (AvgIpc) is 2.85. The Balaban J connectivity index is 2.92. The second-order valence-corrected chi connectivity index (χ2v) is 6.91. The molecule has 0 aromatic carbocycles. The first kappa shape index (κ1) is 16.5. The molecule has 1 rings (SSSR count). The highest BCUT2D eigenvalue weighted by Gasteiger charge is 2.25. The van der Waals surface area contributed by atoms with Crippen LogP contribution in [0.5, 0.6) is 0 Å². The molecule has 0 bridgehead atoms. The van der Waals surface area contributed by atoms with Gasteiger partial charge in [0, 0.05) is 25.2 Å². The highest BCUT2D eigenvalue weighted by molar-refractivity contribution is 7.89. The Labute approximate surface area is 120 Å². The van der Waals surface area contributed by atoms with Gasteiger partial charge in [0.05, 0.1) is 12.7 Å². The van der Waals surface area contributed by atoms with Gasteiger partial charge in [-0.3, -0.25) is 4.68 Å². The molecule has 1 aromatic rings. The molecule has 0 spiro atoms. The van der Waals surface area contributed by atoms with E-state index < -0.39 is 10.0 Å². The molecule has 0 aliphatic rings. The van der Waals surface area contributed by atoms with Crippen LogP contribution in [0, 0.1) is 5.92 Å². The summed E-state index contributed by atoms with van der Waals surface area (Å²) in [6.45, 7) is 7.47. The van der Waals surface area contributed by atoms with E-state index in [-0.39, 0.29) is 4.90 Å². The number of rotatable bonds is 8. The summed E-state index contributed by atoms with van der Waals surface area (Å²) in [6.07, 6.45) is 3.88. The molecule has 1 atom stereocenters. The molecule has 0 saturated heterocycles. The summed E-state index contributed by atoms with van der Waals surface area (Å²) in [4.78, 5) is 0.239. The van der Waals surface area contributed by atoms with Crippen LogP contribution >= 0.6 is 11.6 Å². The van der Waals surface area contributed by atoms with Crippen molar-refractivity contribution in [3.63, 3.8) is 0 Å². The van der Waals surface area contributed by atoms with Crippen LogP contribution in [0.1, 0.15) is 27.2 Å². The number of alkyl halides is 1. The molecule has 1 unspecified atom stereocenters. The summed E-state index contributed by atoms with van der Waals surface area (Å²) in [7, 11) is -3.45. The van der Waals surface area contributed by atoms with Crippen molar-refractivity contribution in [3.05, 3.63) is 12.4 Å². The lowest BCUT2D eigenvalue weighted by Gasteiger charge is -2.22. The summed E-state index contributed by atoms with van der Waals surface area (Å²) < 4.78 is 28.0. The number of aryl methyl sites for hydroxylation is 1. The Morgan fingerprint density at radius 1 is 1.47 bits per heavy atom. The van der Waals surface area contributed by atoms with Crippen molar-refractivity contribution in [2.75, 3.05) is 19.0 Å². The van der Waals surface area contributed by atoms with Gasteiger partial charge in [0.25, 0.3) is 0 Å². The van der Waals surface area contributed by atoms with Crippen molar-refractivity contribution >= 4 is 21.6 Å². The number of hydrogen-bond donors (Lipinski definition) is 0. The van der Waals surface area contributed by atoms with Crippen molar-refractivity contribution in [1.82, 2.24) is 14.1 Å². The van der Waals surface area contributed by atoms with Crippen molar-refractivity contribution in [2.45, 2.75) is 38.6 Å². The van der Waals surface area contributed by atoms with E-state index in [0.717, 1.165) is 6.42 Å². The summed E-state index contributed by atoms with van der Waals surface area (Å²) in [5, 5.41) is 4.01. The summed E-state index contributed by atoms with van der Waals surface area (Å²) >= 11 is 5.62. The van der Waals surface area contributed by atoms with E-state index in [1.54, 1.807) is 4.68 Å². The monoisotopic (exact) mass is 307 g/mol. The molecule has 0 radical (unpaired) electrons. The van der Waals surface area contributed by atoms with Crippen LogP contribution in [0.25, 0.3) is 0 Å². The smallest absolute Gasteiger partial charge is 0.246 e. The van der Waals surface area contributed by atoms with Crippen LogP contribution in [0.2, 0.25) is 0 Å². The van der Waals surface area contributed by atoms with Crippen molar-refractivity contribution in [2.24, 2.45) is 5.92 Å². The van der Waals surface area contributed by atoms with E-state index in [0.29, 0.717) is 31.4 Å². The van der Waals surface area contributed by atoms with Gasteiger partial charge in [0.15, 0.2) is 0 Å². The second kappa shape index (κ2) is 7.26. The molecule has 110 valence electrons. The molecule has 1 aromatic heterocycles. The second-order valence-electron chi connectivity index (χ2n) is 4.60. The van der Waals surface area contributed by atoms with Crippen molar-refractivity contribution in [3.8, 4) is 0 Å². The minimum atomic E-state index is -3.45. The zero-order valence-electron chi connectivity index (χ0n) is 11.7. The molecule has 0 amide bonds. The fraction of sp³-hybridized carbons (Fsp3) is 0.750. The topological polar surface area (TPSA) is 55.2 Å². The summed E-state index contributed by atoms with van der Waals surface area (Å²) in [5.41, 5.74) is 0. The van der Waals surface area contributed by atoms with Crippen LogP contribution in [0.4, 0.5) is 0 Å². The zero-order chi connectivity index (χ0) is 14.5. The molecular weight excluding hydrogens is 286 g/mol. The number of aromatic nitrogens is 2. The predicted octanol–water partition coefficient (Wildman–Crippen LogP) is 2.18. The van der Waals surface area contributed by atoms with Crippen LogP contribution in [0.15, 0.2) is 17.3 Å². The minimum absolute atomic E-state index is 0.239. The normalized spacial score (nSPS) is 13.9. The first-order chi connectivity index (χ1) is 8.95. The van der Waals surface area contributed by atoms with Gasteiger partial charge >= 0.3 is 0 Å². The van der Waals surface area contributed by atoms with Crippen molar-refractivity contribution in [1.29, 1.82) is 0 Å². The number of nitrogens with zero attached hydrogens (tertiary/aromatic N) is 3. The highest BCUT2D eigenvalue weighted by Crippen LogP contribution is 2.17. The van der Waals surface area contributed by atoms with Gasteiger partial charge in [-0.25, -0.2) is 8.42 Å². The molecule has 7 heteroatoms. The third-order valence-corrected chi connectivity index (χ3v) is 5.19. The molecule has 0 N–H and O–H groups in total. The highest BCUT2D eigenvalue weighted by atomic mass is 35.5. The third-order valence-electron chi connectivity index (χ3n) is 3.13. The molecule has 1 heterocycles. The van der Waals surface area contributed by atoms with E-state index in [1.165, 1.54) is 16.7 Å². The van der Waals surface area contributed by atoms with Crippen LogP contribution in [0.3, 0.4) is 0 Å². The third kappa shape index (κ3) is 4.19. The van der Waals surface area contributed by atoms with E-state index in [4.69, 9.17) is 11.6 Å². The first-order valence-electron chi connectivity index (χ1n) is 6.54. The maximum atomic E-state index is 12.5. The lowest BCUT2D eigenvalue weighted by Crippen LogP contribution is -2.34. The van der Waals surface area contributed by atoms with E-state index >= 15 is 0 Å². The zero-order valence-corrected chi connectivity index (χ0v) is 13.3. The van der Waals surface area contributed by atoms with E-state index in [1.807, 2.05) is 6.92 Å².